The molecule has 0 amide bonds. The van der Waals surface area contributed by atoms with E-state index in [4.69, 9.17) is 0 Å². The smallest absolute Gasteiger partial charge is 0.00152 e. The Morgan fingerprint density at radius 1 is 1.15 bits per heavy atom. The maximum atomic E-state index is 2.73. The number of piperidine rings is 1. The molecule has 1 saturated heterocycles. The Hall–Kier alpha value is -0.0400. The minimum Gasteiger partial charge on any atom is -0.303 e. The summed E-state index contributed by atoms with van der Waals surface area (Å²) in [6.45, 7) is 6.53. The molecule has 74 valence electrons. The van der Waals surface area contributed by atoms with E-state index >= 15 is 0 Å². The minimum absolute atomic E-state index is 0.893. The van der Waals surface area contributed by atoms with Crippen molar-refractivity contribution >= 4 is 0 Å². The molecule has 0 radical (unpaired) electrons. The highest BCUT2D eigenvalue weighted by molar-refractivity contribution is 5.10. The van der Waals surface area contributed by atoms with Gasteiger partial charge in [0.25, 0.3) is 0 Å². The predicted octanol–water partition coefficient (Wildman–Crippen LogP) is 2.52. The fraction of sp³-hybridized carbons (Fsp3) is 1.00. The van der Waals surface area contributed by atoms with Crippen molar-refractivity contribution in [2.45, 2.75) is 39.0 Å². The van der Waals surface area contributed by atoms with Gasteiger partial charge in [-0.2, -0.15) is 0 Å². The van der Waals surface area contributed by atoms with Crippen molar-refractivity contribution in [2.24, 2.45) is 17.3 Å². The van der Waals surface area contributed by atoms with Gasteiger partial charge in [0.2, 0.25) is 0 Å². The van der Waals surface area contributed by atoms with E-state index in [1.54, 1.807) is 12.8 Å². The molecule has 1 nitrogen and oxygen atoms in total. The molecule has 0 aromatic heterocycles. The van der Waals surface area contributed by atoms with Crippen molar-refractivity contribution in [3.05, 3.63) is 0 Å². The minimum atomic E-state index is 0.893. The third kappa shape index (κ3) is 0.971. The van der Waals surface area contributed by atoms with Gasteiger partial charge in [0.15, 0.2) is 0 Å². The fourth-order valence-electron chi connectivity index (χ4n) is 4.05. The zero-order valence-corrected chi connectivity index (χ0v) is 8.76. The third-order valence-electron chi connectivity index (χ3n) is 5.04. The van der Waals surface area contributed by atoms with E-state index in [2.05, 4.69) is 11.8 Å². The molecule has 0 N–H and O–H groups in total. The summed E-state index contributed by atoms with van der Waals surface area (Å²) in [5.74, 6) is 2.21. The number of likely N-dealkylation sites (tertiary alicyclic amines) is 1. The Bertz CT molecular complexity index is 191. The van der Waals surface area contributed by atoms with Crippen LogP contribution in [0.5, 0.6) is 0 Å². The van der Waals surface area contributed by atoms with Gasteiger partial charge >= 0.3 is 0 Å². The zero-order chi connectivity index (χ0) is 8.89. The van der Waals surface area contributed by atoms with Gasteiger partial charge in [0.1, 0.15) is 0 Å². The molecular weight excluding hydrogens is 158 g/mol. The van der Waals surface area contributed by atoms with Crippen LogP contribution in [0.25, 0.3) is 0 Å². The van der Waals surface area contributed by atoms with E-state index < -0.39 is 0 Å². The second-order valence-corrected chi connectivity index (χ2v) is 5.46. The Kier molecular flexibility index (Phi) is 1.74. The van der Waals surface area contributed by atoms with Crippen molar-refractivity contribution in [3.63, 3.8) is 0 Å². The third-order valence-corrected chi connectivity index (χ3v) is 5.04. The van der Waals surface area contributed by atoms with Crippen molar-refractivity contribution in [3.8, 4) is 0 Å². The van der Waals surface area contributed by atoms with E-state index in [1.165, 1.54) is 38.9 Å². The van der Waals surface area contributed by atoms with Crippen molar-refractivity contribution in [1.29, 1.82) is 0 Å². The maximum absolute atomic E-state index is 2.73. The summed E-state index contributed by atoms with van der Waals surface area (Å²) in [4.78, 5) is 2.73. The fourth-order valence-corrected chi connectivity index (χ4v) is 4.05. The second kappa shape index (κ2) is 2.73. The van der Waals surface area contributed by atoms with Gasteiger partial charge in [-0.1, -0.05) is 6.92 Å². The topological polar surface area (TPSA) is 3.24 Å². The van der Waals surface area contributed by atoms with Crippen molar-refractivity contribution in [1.82, 2.24) is 4.90 Å². The largest absolute Gasteiger partial charge is 0.303 e. The first-order chi connectivity index (χ1) is 6.35. The molecule has 0 bridgehead atoms. The summed E-state index contributed by atoms with van der Waals surface area (Å²) < 4.78 is 0. The lowest BCUT2D eigenvalue weighted by Crippen LogP contribution is -2.63. The van der Waals surface area contributed by atoms with Crippen LogP contribution in [-0.2, 0) is 0 Å². The van der Waals surface area contributed by atoms with Crippen LogP contribution in [0, 0.1) is 17.3 Å². The van der Waals surface area contributed by atoms with Crippen molar-refractivity contribution < 1.29 is 0 Å². The first-order valence-electron chi connectivity index (χ1n) is 6.07. The van der Waals surface area contributed by atoms with Crippen LogP contribution in [0.4, 0.5) is 0 Å². The lowest BCUT2D eigenvalue weighted by molar-refractivity contribution is -0.165. The monoisotopic (exact) mass is 179 g/mol. The lowest BCUT2D eigenvalue weighted by Gasteiger charge is -2.66. The summed E-state index contributed by atoms with van der Waals surface area (Å²) in [6, 6.07) is 0. The van der Waals surface area contributed by atoms with Crippen LogP contribution in [0.3, 0.4) is 0 Å². The van der Waals surface area contributed by atoms with Gasteiger partial charge in [-0.25, -0.2) is 0 Å². The molecule has 2 aliphatic carbocycles. The molecule has 1 aliphatic heterocycles. The van der Waals surface area contributed by atoms with E-state index in [9.17, 15) is 0 Å². The van der Waals surface area contributed by atoms with Gasteiger partial charge < -0.3 is 4.90 Å². The van der Waals surface area contributed by atoms with Gasteiger partial charge in [0, 0.05) is 13.1 Å². The molecule has 2 unspecified atom stereocenters. The normalized spacial score (nSPS) is 48.7. The Morgan fingerprint density at radius 2 is 1.77 bits per heavy atom. The highest BCUT2D eigenvalue weighted by atomic mass is 15.2. The van der Waals surface area contributed by atoms with E-state index in [1.807, 2.05) is 0 Å². The standard InChI is InChI=1S/C12H21N/c1-2-7-13-8-10-3-5-12(10)6-4-11(12)9-13/h10-11H,2-9H2,1H3/t10-,11?,12?/m0/s1. The molecule has 3 rings (SSSR count). The van der Waals surface area contributed by atoms with E-state index in [0.29, 0.717) is 0 Å². The SMILES string of the molecule is CCCN1CC2CCC23CC[C@H]3C1. The molecule has 3 fully saturated rings. The van der Waals surface area contributed by atoms with Crippen molar-refractivity contribution in [2.75, 3.05) is 19.6 Å². The average molecular weight is 179 g/mol. The van der Waals surface area contributed by atoms with Crippen LogP contribution in [-0.4, -0.2) is 24.5 Å². The number of nitrogens with zero attached hydrogens (tertiary/aromatic N) is 1. The summed E-state index contributed by atoms with van der Waals surface area (Å²) in [6.07, 6.45) is 7.56. The van der Waals surface area contributed by atoms with Gasteiger partial charge in [-0.05, 0) is 55.9 Å². The summed E-state index contributed by atoms with van der Waals surface area (Å²) >= 11 is 0. The molecule has 0 aromatic carbocycles. The number of hydrogen-bond donors (Lipinski definition) is 0. The molecule has 1 heteroatoms. The molecule has 1 spiro atoms. The zero-order valence-electron chi connectivity index (χ0n) is 8.76. The Morgan fingerprint density at radius 3 is 2.15 bits per heavy atom. The summed E-state index contributed by atoms with van der Waals surface area (Å²) in [5, 5.41) is 0. The van der Waals surface area contributed by atoms with Crippen LogP contribution in [0.15, 0.2) is 0 Å². The van der Waals surface area contributed by atoms with Crippen LogP contribution >= 0.6 is 0 Å². The maximum Gasteiger partial charge on any atom is 0.00152 e. The molecule has 1 heterocycles. The van der Waals surface area contributed by atoms with Gasteiger partial charge in [-0.3, -0.25) is 0 Å². The Labute approximate surface area is 81.5 Å². The van der Waals surface area contributed by atoms with Crippen LogP contribution in [0.2, 0.25) is 0 Å². The summed E-state index contributed by atoms with van der Waals surface area (Å²) in [7, 11) is 0. The van der Waals surface area contributed by atoms with E-state index in [0.717, 1.165) is 17.3 Å². The quantitative estimate of drug-likeness (QED) is 0.629. The molecule has 0 aromatic rings. The first-order valence-corrected chi connectivity index (χ1v) is 6.07. The number of hydrogen-bond acceptors (Lipinski definition) is 1. The molecule has 3 atom stereocenters. The number of rotatable bonds is 2. The molecule has 13 heavy (non-hydrogen) atoms. The first kappa shape index (κ1) is 8.28. The molecular formula is C12H21N. The highest BCUT2D eigenvalue weighted by Crippen LogP contribution is 2.65. The predicted molar refractivity (Wildman–Crippen MR) is 54.6 cm³/mol. The van der Waals surface area contributed by atoms with Crippen LogP contribution < -0.4 is 0 Å². The Balaban J connectivity index is 1.69. The van der Waals surface area contributed by atoms with Crippen LogP contribution in [0.1, 0.15) is 39.0 Å². The second-order valence-electron chi connectivity index (χ2n) is 5.46. The average Bonchev–Trinajstić information content (AvgIpc) is 2.04. The molecule has 2 saturated carbocycles. The highest BCUT2D eigenvalue weighted by Gasteiger charge is 2.59. The lowest BCUT2D eigenvalue weighted by atomic mass is 9.43. The van der Waals surface area contributed by atoms with Gasteiger partial charge in [0.05, 0.1) is 0 Å². The van der Waals surface area contributed by atoms with E-state index in [-0.39, 0.29) is 0 Å². The summed E-state index contributed by atoms with van der Waals surface area (Å²) in [5.41, 5.74) is 0.893. The van der Waals surface area contributed by atoms with Gasteiger partial charge in [-0.15, -0.1) is 0 Å². The molecule has 3 aliphatic rings.